The molecule has 1 atom stereocenters. The van der Waals surface area contributed by atoms with Crippen LogP contribution in [0.4, 0.5) is 19.3 Å². The number of aryl methyl sites for hydroxylation is 1. The molecule has 0 unspecified atom stereocenters. The summed E-state index contributed by atoms with van der Waals surface area (Å²) in [6.07, 6.45) is 6.13. The maximum absolute atomic E-state index is 13.8. The van der Waals surface area contributed by atoms with Crippen LogP contribution in [0, 0.1) is 11.6 Å². The number of anilines is 1. The van der Waals surface area contributed by atoms with E-state index in [1.807, 2.05) is 18.2 Å². The predicted octanol–water partition coefficient (Wildman–Crippen LogP) is 4.38. The van der Waals surface area contributed by atoms with Gasteiger partial charge < -0.3 is 10.2 Å². The number of amides is 2. The molecule has 132 valence electrons. The number of hydrogen-bond donors (Lipinski definition) is 1. The van der Waals surface area contributed by atoms with Crippen molar-refractivity contribution < 1.29 is 13.6 Å². The van der Waals surface area contributed by atoms with Crippen LogP contribution in [0.5, 0.6) is 0 Å². The van der Waals surface area contributed by atoms with Crippen molar-refractivity contribution in [1.29, 1.82) is 0 Å². The van der Waals surface area contributed by atoms with Gasteiger partial charge in [-0.2, -0.15) is 0 Å². The number of halogens is 2. The first kappa shape index (κ1) is 17.3. The Balaban J connectivity index is 1.66. The number of urea groups is 1. The molecule has 1 aromatic heterocycles. The number of pyridine rings is 1. The van der Waals surface area contributed by atoms with E-state index in [0.29, 0.717) is 6.54 Å². The van der Waals surface area contributed by atoms with Crippen LogP contribution in [0.1, 0.15) is 31.4 Å². The van der Waals surface area contributed by atoms with Gasteiger partial charge in [-0.3, -0.25) is 4.98 Å². The van der Waals surface area contributed by atoms with E-state index in [0.717, 1.165) is 49.9 Å². The van der Waals surface area contributed by atoms with Crippen molar-refractivity contribution in [1.82, 2.24) is 9.88 Å². The van der Waals surface area contributed by atoms with E-state index in [4.69, 9.17) is 0 Å². The maximum atomic E-state index is 13.8. The molecule has 1 saturated heterocycles. The zero-order valence-corrected chi connectivity index (χ0v) is 13.9. The van der Waals surface area contributed by atoms with E-state index in [1.54, 1.807) is 11.1 Å². The Labute approximate surface area is 145 Å². The van der Waals surface area contributed by atoms with E-state index in [2.05, 4.69) is 10.3 Å². The smallest absolute Gasteiger partial charge is 0.322 e. The molecule has 1 aliphatic heterocycles. The van der Waals surface area contributed by atoms with Crippen molar-refractivity contribution in [3.05, 3.63) is 59.9 Å². The Bertz CT molecular complexity index is 704. The molecule has 2 heterocycles. The highest BCUT2D eigenvalue weighted by atomic mass is 19.1. The number of nitrogens with zero attached hydrogens (tertiary/aromatic N) is 2. The Hall–Kier alpha value is -2.50. The standard InChI is InChI=1S/C19H21F2N3O/c20-16-8-5-9-17(21)18(16)23-19(25)24-13-4-2-7-15(24)11-10-14-6-1-3-12-22-14/h1,3,5-6,8-9,12,15H,2,4,7,10-11,13H2,(H,23,25)/t15-/m0/s1. The van der Waals surface area contributed by atoms with Crippen LogP contribution in [-0.4, -0.2) is 28.5 Å². The molecule has 3 rings (SSSR count). The van der Waals surface area contributed by atoms with Gasteiger partial charge in [-0.25, -0.2) is 13.6 Å². The van der Waals surface area contributed by atoms with Gasteiger partial charge in [0.2, 0.25) is 0 Å². The third kappa shape index (κ3) is 4.32. The number of carbonyl (C=O) groups excluding carboxylic acids is 1. The fraction of sp³-hybridized carbons (Fsp3) is 0.368. The first-order chi connectivity index (χ1) is 12.1. The molecule has 1 aliphatic rings. The highest BCUT2D eigenvalue weighted by Crippen LogP contribution is 2.24. The summed E-state index contributed by atoms with van der Waals surface area (Å²) in [5.41, 5.74) is 0.593. The van der Waals surface area contributed by atoms with Crippen LogP contribution in [0.2, 0.25) is 0 Å². The molecule has 2 aromatic rings. The zero-order chi connectivity index (χ0) is 17.6. The van der Waals surface area contributed by atoms with Crippen molar-refractivity contribution in [3.63, 3.8) is 0 Å². The predicted molar refractivity (Wildman–Crippen MR) is 92.3 cm³/mol. The van der Waals surface area contributed by atoms with Crippen molar-refractivity contribution >= 4 is 11.7 Å². The lowest BCUT2D eigenvalue weighted by Crippen LogP contribution is -2.46. The van der Waals surface area contributed by atoms with Crippen LogP contribution >= 0.6 is 0 Å². The minimum absolute atomic E-state index is 0.0468. The summed E-state index contributed by atoms with van der Waals surface area (Å²) in [7, 11) is 0. The average molecular weight is 345 g/mol. The molecule has 0 aliphatic carbocycles. The Morgan fingerprint density at radius 3 is 2.68 bits per heavy atom. The summed E-state index contributed by atoms with van der Waals surface area (Å²) in [4.78, 5) is 18.6. The van der Waals surface area contributed by atoms with Crippen LogP contribution in [-0.2, 0) is 6.42 Å². The SMILES string of the molecule is O=C(Nc1c(F)cccc1F)N1CCCC[C@H]1CCc1ccccn1. The largest absolute Gasteiger partial charge is 0.322 e. The fourth-order valence-electron chi connectivity index (χ4n) is 3.22. The first-order valence-electron chi connectivity index (χ1n) is 8.56. The third-order valence-electron chi connectivity index (χ3n) is 4.54. The van der Waals surface area contributed by atoms with Crippen molar-refractivity contribution in [2.75, 3.05) is 11.9 Å². The lowest BCUT2D eigenvalue weighted by Gasteiger charge is -2.35. The minimum atomic E-state index is -0.768. The maximum Gasteiger partial charge on any atom is 0.322 e. The van der Waals surface area contributed by atoms with Crippen molar-refractivity contribution in [2.45, 2.75) is 38.1 Å². The Kier molecular flexibility index (Phi) is 5.58. The summed E-state index contributed by atoms with van der Waals surface area (Å²) in [5.74, 6) is -1.54. The lowest BCUT2D eigenvalue weighted by molar-refractivity contribution is 0.158. The number of likely N-dealkylation sites (tertiary alicyclic amines) is 1. The second-order valence-electron chi connectivity index (χ2n) is 6.23. The first-order valence-corrected chi connectivity index (χ1v) is 8.56. The number of para-hydroxylation sites is 1. The summed E-state index contributed by atoms with van der Waals surface area (Å²) in [6, 6.07) is 8.90. The molecule has 25 heavy (non-hydrogen) atoms. The second kappa shape index (κ2) is 8.05. The molecule has 2 amide bonds. The van der Waals surface area contributed by atoms with Gasteiger partial charge in [0.05, 0.1) is 0 Å². The molecule has 0 saturated carbocycles. The number of piperidine rings is 1. The second-order valence-corrected chi connectivity index (χ2v) is 6.23. The molecular formula is C19H21F2N3O. The van der Waals surface area contributed by atoms with Crippen molar-refractivity contribution in [3.8, 4) is 0 Å². The van der Waals surface area contributed by atoms with Gasteiger partial charge in [0.25, 0.3) is 0 Å². The average Bonchev–Trinajstić information content (AvgIpc) is 2.64. The van der Waals surface area contributed by atoms with Crippen LogP contribution in [0.25, 0.3) is 0 Å². The van der Waals surface area contributed by atoms with E-state index >= 15 is 0 Å². The number of benzene rings is 1. The van der Waals surface area contributed by atoms with Gasteiger partial charge in [-0.1, -0.05) is 12.1 Å². The molecule has 0 bridgehead atoms. The monoisotopic (exact) mass is 345 g/mol. The molecule has 0 radical (unpaired) electrons. The molecular weight excluding hydrogens is 324 g/mol. The highest BCUT2D eigenvalue weighted by molar-refractivity contribution is 5.89. The zero-order valence-electron chi connectivity index (χ0n) is 13.9. The summed E-state index contributed by atoms with van der Waals surface area (Å²) < 4.78 is 27.5. The Morgan fingerprint density at radius 1 is 1.16 bits per heavy atom. The molecule has 1 fully saturated rings. The molecule has 1 N–H and O–H groups in total. The quantitative estimate of drug-likeness (QED) is 0.894. The molecule has 0 spiro atoms. The number of carbonyl (C=O) groups is 1. The van der Waals surface area contributed by atoms with E-state index in [9.17, 15) is 13.6 Å². The Morgan fingerprint density at radius 2 is 1.96 bits per heavy atom. The topological polar surface area (TPSA) is 45.2 Å². The summed E-state index contributed by atoms with van der Waals surface area (Å²) in [5, 5.41) is 2.40. The normalized spacial score (nSPS) is 17.4. The summed E-state index contributed by atoms with van der Waals surface area (Å²) in [6.45, 7) is 0.592. The molecule has 1 aromatic carbocycles. The summed E-state index contributed by atoms with van der Waals surface area (Å²) >= 11 is 0. The van der Waals surface area contributed by atoms with E-state index in [1.165, 1.54) is 6.07 Å². The number of nitrogens with one attached hydrogen (secondary N) is 1. The van der Waals surface area contributed by atoms with Crippen LogP contribution < -0.4 is 5.32 Å². The van der Waals surface area contributed by atoms with Gasteiger partial charge in [-0.15, -0.1) is 0 Å². The molecule has 6 heteroatoms. The van der Waals surface area contributed by atoms with Crippen molar-refractivity contribution in [2.24, 2.45) is 0 Å². The van der Waals surface area contributed by atoms with Crippen LogP contribution in [0.3, 0.4) is 0 Å². The van der Waals surface area contributed by atoms with Gasteiger partial charge >= 0.3 is 6.03 Å². The van der Waals surface area contributed by atoms with Gasteiger partial charge in [0.15, 0.2) is 0 Å². The number of hydrogen-bond acceptors (Lipinski definition) is 2. The van der Waals surface area contributed by atoms with Gasteiger partial charge in [-0.05, 0) is 56.4 Å². The van der Waals surface area contributed by atoms with Gasteiger partial charge in [0, 0.05) is 24.5 Å². The highest BCUT2D eigenvalue weighted by Gasteiger charge is 2.27. The van der Waals surface area contributed by atoms with Crippen LogP contribution in [0.15, 0.2) is 42.6 Å². The lowest BCUT2D eigenvalue weighted by atomic mass is 9.97. The fourth-order valence-corrected chi connectivity index (χ4v) is 3.22. The third-order valence-corrected chi connectivity index (χ3v) is 4.54. The molecule has 4 nitrogen and oxygen atoms in total. The minimum Gasteiger partial charge on any atom is -0.322 e. The number of aromatic nitrogens is 1. The van der Waals surface area contributed by atoms with E-state index < -0.39 is 17.7 Å². The van der Waals surface area contributed by atoms with E-state index in [-0.39, 0.29) is 11.7 Å². The number of rotatable bonds is 4. The van der Waals surface area contributed by atoms with Gasteiger partial charge in [0.1, 0.15) is 17.3 Å².